The van der Waals surface area contributed by atoms with Gasteiger partial charge in [-0.2, -0.15) is 0 Å². The molecule has 154 valence electrons. The van der Waals surface area contributed by atoms with Crippen LogP contribution in [0.1, 0.15) is 23.0 Å². The van der Waals surface area contributed by atoms with E-state index < -0.39 is 0 Å². The third-order valence-corrected chi connectivity index (χ3v) is 5.90. The summed E-state index contributed by atoms with van der Waals surface area (Å²) in [6.45, 7) is 2.07. The van der Waals surface area contributed by atoms with Crippen LogP contribution in [0.2, 0.25) is 0 Å². The summed E-state index contributed by atoms with van der Waals surface area (Å²) in [5, 5.41) is 0. The lowest BCUT2D eigenvalue weighted by Crippen LogP contribution is -2.13. The molecule has 6 aromatic rings. The number of rotatable bonds is 4. The molecule has 0 unspecified atom stereocenters. The molecule has 0 radical (unpaired) electrons. The zero-order valence-electron chi connectivity index (χ0n) is 17.6. The molecule has 0 saturated carbocycles. The molecule has 0 aliphatic carbocycles. The van der Waals surface area contributed by atoms with Gasteiger partial charge in [0.25, 0.3) is 0 Å². The molecule has 6 rings (SSSR count). The smallest absolute Gasteiger partial charge is 0.227 e. The minimum absolute atomic E-state index is 0.0394. The van der Waals surface area contributed by atoms with Gasteiger partial charge in [-0.15, -0.1) is 0 Å². The van der Waals surface area contributed by atoms with Gasteiger partial charge in [-0.3, -0.25) is 0 Å². The van der Waals surface area contributed by atoms with E-state index in [4.69, 9.17) is 9.40 Å². The number of benzene rings is 4. The molecular formula is C28H21N3O. The van der Waals surface area contributed by atoms with Crippen LogP contribution in [0.3, 0.4) is 0 Å². The quantitative estimate of drug-likeness (QED) is 0.318. The molecule has 0 fully saturated rings. The van der Waals surface area contributed by atoms with Gasteiger partial charge in [-0.25, -0.2) is 9.97 Å². The summed E-state index contributed by atoms with van der Waals surface area (Å²) in [4.78, 5) is 9.57. The molecule has 4 aromatic carbocycles. The largest absolute Gasteiger partial charge is 0.436 e. The average Bonchev–Trinajstić information content (AvgIpc) is 3.41. The third kappa shape index (κ3) is 3.08. The zero-order chi connectivity index (χ0) is 21.5. The van der Waals surface area contributed by atoms with Crippen molar-refractivity contribution in [2.45, 2.75) is 13.0 Å². The molecule has 0 bridgehead atoms. The van der Waals surface area contributed by atoms with Crippen LogP contribution in [-0.2, 0) is 0 Å². The van der Waals surface area contributed by atoms with Crippen LogP contribution in [0.5, 0.6) is 0 Å². The Morgan fingerprint density at radius 1 is 0.688 bits per heavy atom. The number of imidazole rings is 1. The van der Waals surface area contributed by atoms with E-state index in [1.54, 1.807) is 0 Å². The topological polar surface area (TPSA) is 43.9 Å². The van der Waals surface area contributed by atoms with Crippen LogP contribution in [0.25, 0.3) is 33.6 Å². The van der Waals surface area contributed by atoms with Crippen LogP contribution in [0.4, 0.5) is 0 Å². The minimum Gasteiger partial charge on any atom is -0.436 e. The number of aromatic nitrogens is 3. The fraction of sp³-hybridized carbons (Fsp3) is 0.0714. The van der Waals surface area contributed by atoms with Gasteiger partial charge < -0.3 is 8.98 Å². The van der Waals surface area contributed by atoms with Gasteiger partial charge in [-0.05, 0) is 48.4 Å². The Hall–Kier alpha value is -4.18. The van der Waals surface area contributed by atoms with Crippen LogP contribution in [0, 0.1) is 6.92 Å². The first-order valence-corrected chi connectivity index (χ1v) is 10.7. The van der Waals surface area contributed by atoms with Crippen LogP contribution >= 0.6 is 0 Å². The van der Waals surface area contributed by atoms with E-state index in [0.29, 0.717) is 5.89 Å². The Morgan fingerprint density at radius 2 is 1.34 bits per heavy atom. The Bertz CT molecular complexity index is 1460. The highest BCUT2D eigenvalue weighted by atomic mass is 16.3. The highest BCUT2D eigenvalue weighted by molar-refractivity contribution is 5.83. The monoisotopic (exact) mass is 415 g/mol. The molecular weight excluding hydrogens is 394 g/mol. The Labute approximate surface area is 185 Å². The lowest BCUT2D eigenvalue weighted by Gasteiger charge is -2.22. The van der Waals surface area contributed by atoms with E-state index in [1.165, 1.54) is 11.1 Å². The standard InChI is InChI=1S/C28H21N3O/c1-19-29-24-18-22(28-30-23-14-8-9-15-26(23)32-28)16-17-25(24)31(19)27(20-10-4-2-5-11-20)21-12-6-3-7-13-21/h2-18,27H,1H3. The van der Waals surface area contributed by atoms with Crippen molar-refractivity contribution in [2.75, 3.05) is 0 Å². The normalized spacial score (nSPS) is 11.6. The second kappa shape index (κ2) is 7.50. The van der Waals surface area contributed by atoms with Crippen molar-refractivity contribution >= 4 is 22.1 Å². The number of oxazole rings is 1. The summed E-state index contributed by atoms with van der Waals surface area (Å²) in [5.41, 5.74) is 7.04. The fourth-order valence-electron chi connectivity index (χ4n) is 4.44. The summed E-state index contributed by atoms with van der Waals surface area (Å²) < 4.78 is 8.30. The summed E-state index contributed by atoms with van der Waals surface area (Å²) in [5.74, 6) is 1.58. The van der Waals surface area contributed by atoms with Crippen molar-refractivity contribution in [3.8, 4) is 11.5 Å². The first-order valence-electron chi connectivity index (χ1n) is 10.7. The molecule has 0 N–H and O–H groups in total. The van der Waals surface area contributed by atoms with Crippen molar-refractivity contribution in [3.05, 3.63) is 120 Å². The first-order chi connectivity index (χ1) is 15.8. The molecule has 0 saturated heterocycles. The molecule has 0 amide bonds. The van der Waals surface area contributed by atoms with Gasteiger partial charge in [0.15, 0.2) is 5.58 Å². The molecule has 0 atom stereocenters. The van der Waals surface area contributed by atoms with Gasteiger partial charge in [0.2, 0.25) is 5.89 Å². The van der Waals surface area contributed by atoms with Crippen LogP contribution < -0.4 is 0 Å². The van der Waals surface area contributed by atoms with Crippen LogP contribution in [0.15, 0.2) is 108 Å². The van der Waals surface area contributed by atoms with Crippen molar-refractivity contribution < 1.29 is 4.42 Å². The van der Waals surface area contributed by atoms with E-state index in [2.05, 4.69) is 95.3 Å². The summed E-state index contributed by atoms with van der Waals surface area (Å²) >= 11 is 0. The van der Waals surface area contributed by atoms with E-state index in [-0.39, 0.29) is 6.04 Å². The second-order valence-electron chi connectivity index (χ2n) is 7.94. The number of aryl methyl sites for hydroxylation is 1. The number of nitrogens with zero attached hydrogens (tertiary/aromatic N) is 3. The van der Waals surface area contributed by atoms with Gasteiger partial charge in [0.1, 0.15) is 11.3 Å². The van der Waals surface area contributed by atoms with Gasteiger partial charge in [0, 0.05) is 5.56 Å². The summed E-state index contributed by atoms with van der Waals surface area (Å²) in [6.07, 6.45) is 0. The van der Waals surface area contributed by atoms with E-state index in [0.717, 1.165) is 33.5 Å². The Morgan fingerprint density at radius 3 is 2.03 bits per heavy atom. The Kier molecular flexibility index (Phi) is 4.36. The van der Waals surface area contributed by atoms with Crippen molar-refractivity contribution in [1.29, 1.82) is 0 Å². The number of fused-ring (bicyclic) bond motifs is 2. The highest BCUT2D eigenvalue weighted by Gasteiger charge is 2.21. The molecule has 4 heteroatoms. The molecule has 2 heterocycles. The lowest BCUT2D eigenvalue weighted by molar-refractivity contribution is 0.620. The molecule has 0 aliphatic rings. The van der Waals surface area contributed by atoms with Crippen LogP contribution in [-0.4, -0.2) is 14.5 Å². The van der Waals surface area contributed by atoms with E-state index >= 15 is 0 Å². The molecule has 2 aromatic heterocycles. The maximum Gasteiger partial charge on any atom is 0.227 e. The SMILES string of the molecule is Cc1nc2cc(-c3nc4ccccc4o3)ccc2n1C(c1ccccc1)c1ccccc1. The second-order valence-corrected chi connectivity index (χ2v) is 7.94. The predicted molar refractivity (Wildman–Crippen MR) is 128 cm³/mol. The van der Waals surface area contributed by atoms with Crippen molar-refractivity contribution in [3.63, 3.8) is 0 Å². The third-order valence-electron chi connectivity index (χ3n) is 5.90. The maximum absolute atomic E-state index is 5.98. The number of para-hydroxylation sites is 2. The highest BCUT2D eigenvalue weighted by Crippen LogP contribution is 2.33. The zero-order valence-corrected chi connectivity index (χ0v) is 17.6. The first kappa shape index (κ1) is 18.6. The molecule has 0 aliphatic heterocycles. The summed E-state index contributed by atoms with van der Waals surface area (Å²) in [7, 11) is 0. The molecule has 32 heavy (non-hydrogen) atoms. The number of hydrogen-bond donors (Lipinski definition) is 0. The van der Waals surface area contributed by atoms with Crippen molar-refractivity contribution in [2.24, 2.45) is 0 Å². The van der Waals surface area contributed by atoms with E-state index in [9.17, 15) is 0 Å². The van der Waals surface area contributed by atoms with Gasteiger partial charge >= 0.3 is 0 Å². The predicted octanol–water partition coefficient (Wildman–Crippen LogP) is 6.79. The lowest BCUT2D eigenvalue weighted by atomic mass is 9.98. The van der Waals surface area contributed by atoms with E-state index in [1.807, 2.05) is 24.3 Å². The minimum atomic E-state index is 0.0394. The number of hydrogen-bond acceptors (Lipinski definition) is 3. The summed E-state index contributed by atoms with van der Waals surface area (Å²) in [6, 6.07) is 35.3. The molecule has 4 nitrogen and oxygen atoms in total. The fourth-order valence-corrected chi connectivity index (χ4v) is 4.44. The van der Waals surface area contributed by atoms with Crippen molar-refractivity contribution in [1.82, 2.24) is 14.5 Å². The maximum atomic E-state index is 5.98. The Balaban J connectivity index is 1.52. The average molecular weight is 415 g/mol. The van der Waals surface area contributed by atoms with Gasteiger partial charge in [0.05, 0.1) is 17.1 Å². The molecule has 0 spiro atoms. The van der Waals surface area contributed by atoms with Gasteiger partial charge in [-0.1, -0.05) is 72.8 Å².